The molecular formula is C51H29N3OS2. The number of benzene rings is 8. The van der Waals surface area contributed by atoms with Crippen molar-refractivity contribution in [3.8, 4) is 56.4 Å². The van der Waals surface area contributed by atoms with Crippen LogP contribution in [0, 0.1) is 0 Å². The Bertz CT molecular complexity index is 3410. The molecule has 4 aromatic heterocycles. The summed E-state index contributed by atoms with van der Waals surface area (Å²) in [5.41, 5.74) is 9.32. The minimum absolute atomic E-state index is 0.643. The monoisotopic (exact) mass is 763 g/mol. The molecule has 0 spiro atoms. The van der Waals surface area contributed by atoms with E-state index >= 15 is 0 Å². The van der Waals surface area contributed by atoms with Crippen molar-refractivity contribution in [3.05, 3.63) is 176 Å². The normalized spacial score (nSPS) is 11.9. The van der Waals surface area contributed by atoms with Crippen LogP contribution in [-0.2, 0) is 0 Å². The number of hydrogen-bond acceptors (Lipinski definition) is 6. The van der Waals surface area contributed by atoms with E-state index in [1.807, 2.05) is 12.1 Å². The Hall–Kier alpha value is -6.99. The molecule has 0 saturated carbocycles. The maximum Gasteiger partial charge on any atom is 0.164 e. The van der Waals surface area contributed by atoms with Gasteiger partial charge in [-0.25, -0.2) is 15.0 Å². The molecule has 0 unspecified atom stereocenters. The van der Waals surface area contributed by atoms with E-state index in [9.17, 15) is 0 Å². The maximum absolute atomic E-state index is 6.10. The van der Waals surface area contributed by atoms with E-state index in [-0.39, 0.29) is 0 Å². The zero-order chi connectivity index (χ0) is 37.5. The standard InChI is InChI=1S/C51H29N3OS2/c1-4-17-41-35(12-1)40-29-34(26-27-42(40)55-41)33-11-7-10-32(28-33)30-22-24-31(25-23-30)49-52-50(38-15-8-20-45-47(38)36-13-2-5-18-43(36)56-45)54-51(53-49)39-16-9-21-46-48(39)37-14-3-6-19-44(37)57-46/h1-29H. The molecule has 6 heteroatoms. The van der Waals surface area contributed by atoms with E-state index in [1.54, 1.807) is 22.7 Å². The summed E-state index contributed by atoms with van der Waals surface area (Å²) in [7, 11) is 0. The molecule has 12 rings (SSSR count). The predicted octanol–water partition coefficient (Wildman–Crippen LogP) is 14.8. The van der Waals surface area contributed by atoms with Gasteiger partial charge in [0.15, 0.2) is 17.5 Å². The highest BCUT2D eigenvalue weighted by atomic mass is 32.1. The van der Waals surface area contributed by atoms with Gasteiger partial charge in [0.1, 0.15) is 11.2 Å². The van der Waals surface area contributed by atoms with Crippen LogP contribution < -0.4 is 0 Å². The number of thiophene rings is 2. The molecule has 266 valence electrons. The Morgan fingerprint density at radius 1 is 0.316 bits per heavy atom. The number of furan rings is 1. The highest BCUT2D eigenvalue weighted by Gasteiger charge is 2.19. The highest BCUT2D eigenvalue weighted by molar-refractivity contribution is 7.26. The first-order chi connectivity index (χ1) is 28.2. The van der Waals surface area contributed by atoms with Gasteiger partial charge in [-0.15, -0.1) is 22.7 Å². The molecule has 0 radical (unpaired) electrons. The molecule has 0 aliphatic rings. The summed E-state index contributed by atoms with van der Waals surface area (Å²) in [5.74, 6) is 1.98. The maximum atomic E-state index is 6.10. The van der Waals surface area contributed by atoms with E-state index in [4.69, 9.17) is 19.4 Å². The third-order valence-corrected chi connectivity index (χ3v) is 13.2. The summed E-state index contributed by atoms with van der Waals surface area (Å²) in [6.45, 7) is 0. The third-order valence-electron chi connectivity index (χ3n) is 11.0. The second-order valence-electron chi connectivity index (χ2n) is 14.3. The van der Waals surface area contributed by atoms with Crippen LogP contribution in [0.5, 0.6) is 0 Å². The highest BCUT2D eigenvalue weighted by Crippen LogP contribution is 2.42. The molecule has 0 aliphatic heterocycles. The van der Waals surface area contributed by atoms with Crippen LogP contribution in [0.2, 0.25) is 0 Å². The molecule has 0 saturated heterocycles. The average Bonchev–Trinajstić information content (AvgIpc) is 3.97. The summed E-state index contributed by atoms with van der Waals surface area (Å²) in [6.07, 6.45) is 0. The predicted molar refractivity (Wildman–Crippen MR) is 240 cm³/mol. The average molecular weight is 764 g/mol. The van der Waals surface area contributed by atoms with Crippen LogP contribution in [0.4, 0.5) is 0 Å². The van der Waals surface area contributed by atoms with E-state index in [0.29, 0.717) is 17.5 Å². The summed E-state index contributed by atoms with van der Waals surface area (Å²) < 4.78 is 11.0. The Morgan fingerprint density at radius 2 is 0.789 bits per heavy atom. The van der Waals surface area contributed by atoms with E-state index in [1.165, 1.54) is 40.3 Å². The van der Waals surface area contributed by atoms with Crippen LogP contribution in [0.1, 0.15) is 0 Å². The molecule has 12 aromatic rings. The Kier molecular flexibility index (Phi) is 7.24. The number of nitrogens with zero attached hydrogens (tertiary/aromatic N) is 3. The lowest BCUT2D eigenvalue weighted by atomic mass is 9.97. The van der Waals surface area contributed by atoms with Crippen molar-refractivity contribution >= 4 is 85.0 Å². The van der Waals surface area contributed by atoms with E-state index < -0.39 is 0 Å². The lowest BCUT2D eigenvalue weighted by Crippen LogP contribution is -2.00. The SMILES string of the molecule is c1cc(-c2ccc(-c3nc(-c4cccc5sc6ccccc6c45)nc(-c4cccc5sc6ccccc6c45)n3)cc2)cc(-c2ccc3oc4ccccc4c3c2)c1. The fourth-order valence-electron chi connectivity index (χ4n) is 8.26. The Morgan fingerprint density at radius 3 is 1.46 bits per heavy atom. The largest absolute Gasteiger partial charge is 0.456 e. The smallest absolute Gasteiger partial charge is 0.164 e. The van der Waals surface area contributed by atoms with Crippen molar-refractivity contribution in [3.63, 3.8) is 0 Å². The first kappa shape index (κ1) is 32.3. The van der Waals surface area contributed by atoms with Gasteiger partial charge in [-0.3, -0.25) is 0 Å². The molecule has 0 fully saturated rings. The molecule has 0 atom stereocenters. The van der Waals surface area contributed by atoms with Gasteiger partial charge in [0.2, 0.25) is 0 Å². The Balaban J connectivity index is 0.990. The van der Waals surface area contributed by atoms with Gasteiger partial charge in [-0.05, 0) is 70.8 Å². The minimum Gasteiger partial charge on any atom is -0.456 e. The molecular weight excluding hydrogens is 735 g/mol. The van der Waals surface area contributed by atoms with E-state index in [2.05, 4.69) is 164 Å². The second-order valence-corrected chi connectivity index (χ2v) is 16.5. The minimum atomic E-state index is 0.643. The van der Waals surface area contributed by atoms with Crippen molar-refractivity contribution in [2.24, 2.45) is 0 Å². The first-order valence-corrected chi connectivity index (χ1v) is 20.6. The van der Waals surface area contributed by atoms with Gasteiger partial charge in [0, 0.05) is 67.8 Å². The van der Waals surface area contributed by atoms with Crippen molar-refractivity contribution in [1.82, 2.24) is 15.0 Å². The summed E-state index contributed by atoms with van der Waals surface area (Å²) in [5, 5.41) is 7.04. The summed E-state index contributed by atoms with van der Waals surface area (Å²) >= 11 is 3.60. The van der Waals surface area contributed by atoms with Crippen molar-refractivity contribution in [2.75, 3.05) is 0 Å². The number of fused-ring (bicyclic) bond motifs is 9. The molecule has 0 N–H and O–H groups in total. The van der Waals surface area contributed by atoms with Crippen LogP contribution in [0.25, 0.3) is 119 Å². The van der Waals surface area contributed by atoms with Gasteiger partial charge in [-0.1, -0.05) is 127 Å². The third kappa shape index (κ3) is 5.30. The van der Waals surface area contributed by atoms with Crippen molar-refractivity contribution in [1.29, 1.82) is 0 Å². The Labute approximate surface area is 335 Å². The van der Waals surface area contributed by atoms with Crippen LogP contribution >= 0.6 is 22.7 Å². The van der Waals surface area contributed by atoms with Crippen molar-refractivity contribution < 1.29 is 4.42 Å². The zero-order valence-corrected chi connectivity index (χ0v) is 31.9. The number of para-hydroxylation sites is 1. The molecule has 4 heterocycles. The van der Waals surface area contributed by atoms with Crippen LogP contribution in [0.15, 0.2) is 180 Å². The topological polar surface area (TPSA) is 51.8 Å². The van der Waals surface area contributed by atoms with Gasteiger partial charge in [0.05, 0.1) is 0 Å². The molecule has 0 aliphatic carbocycles. The van der Waals surface area contributed by atoms with Gasteiger partial charge >= 0.3 is 0 Å². The lowest BCUT2D eigenvalue weighted by Gasteiger charge is -2.11. The van der Waals surface area contributed by atoms with Crippen LogP contribution in [0.3, 0.4) is 0 Å². The zero-order valence-electron chi connectivity index (χ0n) is 30.3. The quantitative estimate of drug-likeness (QED) is 0.175. The molecule has 4 nitrogen and oxygen atoms in total. The van der Waals surface area contributed by atoms with Crippen molar-refractivity contribution in [2.45, 2.75) is 0 Å². The number of rotatable bonds is 5. The second kappa shape index (κ2) is 12.8. The van der Waals surface area contributed by atoms with Gasteiger partial charge in [-0.2, -0.15) is 0 Å². The molecule has 57 heavy (non-hydrogen) atoms. The fourth-order valence-corrected chi connectivity index (χ4v) is 10.5. The molecule has 0 amide bonds. The first-order valence-electron chi connectivity index (χ1n) is 18.9. The lowest BCUT2D eigenvalue weighted by molar-refractivity contribution is 0.669. The summed E-state index contributed by atoms with van der Waals surface area (Å²) in [4.78, 5) is 15.8. The van der Waals surface area contributed by atoms with Gasteiger partial charge < -0.3 is 4.42 Å². The molecule has 8 aromatic carbocycles. The molecule has 0 bridgehead atoms. The fraction of sp³-hybridized carbons (Fsp3) is 0. The van der Waals surface area contributed by atoms with Gasteiger partial charge in [0.25, 0.3) is 0 Å². The number of aromatic nitrogens is 3. The summed E-state index contributed by atoms with van der Waals surface area (Å²) in [6, 6.07) is 62.1. The van der Waals surface area contributed by atoms with E-state index in [0.717, 1.165) is 60.9 Å². The van der Waals surface area contributed by atoms with Crippen LogP contribution in [-0.4, -0.2) is 15.0 Å². The number of hydrogen-bond donors (Lipinski definition) is 0.